The molecule has 1 aromatic carbocycles. The summed E-state index contributed by atoms with van der Waals surface area (Å²) in [6, 6.07) is 11.2. The minimum Gasteiger partial charge on any atom is -0.278 e. The summed E-state index contributed by atoms with van der Waals surface area (Å²) >= 11 is 5.77. The van der Waals surface area contributed by atoms with E-state index in [-0.39, 0.29) is 0 Å². The summed E-state index contributed by atoms with van der Waals surface area (Å²) in [7, 11) is 0. The third-order valence-electron chi connectivity index (χ3n) is 1.96. The zero-order valence-electron chi connectivity index (χ0n) is 8.47. The number of rotatable bonds is 3. The maximum atomic E-state index is 5.77. The maximum absolute atomic E-state index is 5.77. The Bertz CT molecular complexity index is 465. The Morgan fingerprint density at radius 3 is 2.44 bits per heavy atom. The van der Waals surface area contributed by atoms with Crippen molar-refractivity contribution in [2.45, 2.75) is 0 Å². The van der Waals surface area contributed by atoms with Crippen molar-refractivity contribution in [2.24, 2.45) is 5.10 Å². The molecule has 2 aromatic rings. The highest BCUT2D eigenvalue weighted by atomic mass is 35.5. The van der Waals surface area contributed by atoms with E-state index in [1.165, 1.54) is 0 Å². The lowest BCUT2D eigenvalue weighted by Gasteiger charge is -1.98. The van der Waals surface area contributed by atoms with Crippen LogP contribution in [0.3, 0.4) is 0 Å². The first-order chi connectivity index (χ1) is 7.84. The molecule has 4 heteroatoms. The van der Waals surface area contributed by atoms with Gasteiger partial charge >= 0.3 is 0 Å². The van der Waals surface area contributed by atoms with Crippen LogP contribution in [0.15, 0.2) is 53.9 Å². The van der Waals surface area contributed by atoms with Crippen LogP contribution in [0.4, 0.5) is 5.69 Å². The van der Waals surface area contributed by atoms with Crippen LogP contribution in [0.5, 0.6) is 0 Å². The Morgan fingerprint density at radius 1 is 1.06 bits per heavy atom. The van der Waals surface area contributed by atoms with Gasteiger partial charge in [0.25, 0.3) is 0 Å². The fraction of sp³-hybridized carbons (Fsp3) is 0. The van der Waals surface area contributed by atoms with Crippen LogP contribution in [-0.4, -0.2) is 11.2 Å². The Morgan fingerprint density at radius 2 is 1.75 bits per heavy atom. The van der Waals surface area contributed by atoms with Gasteiger partial charge in [-0.3, -0.25) is 10.4 Å². The summed E-state index contributed by atoms with van der Waals surface area (Å²) in [5, 5.41) is 4.82. The van der Waals surface area contributed by atoms with Crippen molar-refractivity contribution in [2.75, 3.05) is 5.43 Å². The molecule has 0 bridgehead atoms. The molecule has 16 heavy (non-hydrogen) atoms. The summed E-state index contributed by atoms with van der Waals surface area (Å²) in [6.45, 7) is 0. The Kier molecular flexibility index (Phi) is 3.51. The minimum atomic E-state index is 0.722. The monoisotopic (exact) mass is 231 g/mol. The van der Waals surface area contributed by atoms with E-state index < -0.39 is 0 Å². The number of hydrogen-bond acceptors (Lipinski definition) is 3. The molecule has 2 rings (SSSR count). The van der Waals surface area contributed by atoms with Gasteiger partial charge in [-0.2, -0.15) is 5.10 Å². The molecule has 0 radical (unpaired) electrons. The largest absolute Gasteiger partial charge is 0.278 e. The lowest BCUT2D eigenvalue weighted by atomic mass is 10.2. The molecule has 0 aliphatic heterocycles. The number of pyridine rings is 1. The second-order valence-corrected chi connectivity index (χ2v) is 3.59. The molecule has 0 aliphatic rings. The van der Waals surface area contributed by atoms with Crippen molar-refractivity contribution in [3.05, 3.63) is 59.4 Å². The van der Waals surface area contributed by atoms with E-state index >= 15 is 0 Å². The molecule has 1 heterocycles. The lowest BCUT2D eigenvalue weighted by Crippen LogP contribution is -1.90. The van der Waals surface area contributed by atoms with Gasteiger partial charge < -0.3 is 0 Å². The molecule has 80 valence electrons. The number of nitrogens with zero attached hydrogens (tertiary/aromatic N) is 2. The predicted octanol–water partition coefficient (Wildman–Crippen LogP) is 3.18. The lowest BCUT2D eigenvalue weighted by molar-refractivity contribution is 1.28. The summed E-state index contributed by atoms with van der Waals surface area (Å²) in [5.74, 6) is 0. The molecule has 0 fully saturated rings. The molecule has 1 aromatic heterocycles. The van der Waals surface area contributed by atoms with Crippen LogP contribution in [0.1, 0.15) is 5.56 Å². The zero-order chi connectivity index (χ0) is 11.2. The normalized spacial score (nSPS) is 10.6. The van der Waals surface area contributed by atoms with Gasteiger partial charge in [-0.05, 0) is 29.8 Å². The number of nitrogens with one attached hydrogen (secondary N) is 1. The number of halogens is 1. The molecule has 0 saturated heterocycles. The molecule has 0 saturated carbocycles. The third kappa shape index (κ3) is 3.07. The van der Waals surface area contributed by atoms with E-state index in [1.54, 1.807) is 18.6 Å². The van der Waals surface area contributed by atoms with Gasteiger partial charge in [0.2, 0.25) is 0 Å². The van der Waals surface area contributed by atoms with Crippen molar-refractivity contribution in [1.82, 2.24) is 4.98 Å². The van der Waals surface area contributed by atoms with Crippen LogP contribution in [0.2, 0.25) is 5.02 Å². The average molecular weight is 232 g/mol. The van der Waals surface area contributed by atoms with E-state index in [2.05, 4.69) is 15.5 Å². The van der Waals surface area contributed by atoms with Crippen molar-refractivity contribution < 1.29 is 0 Å². The quantitative estimate of drug-likeness (QED) is 0.651. The number of aromatic nitrogens is 1. The topological polar surface area (TPSA) is 37.3 Å². The zero-order valence-corrected chi connectivity index (χ0v) is 9.22. The van der Waals surface area contributed by atoms with Gasteiger partial charge in [0.05, 0.1) is 11.9 Å². The summed E-state index contributed by atoms with van der Waals surface area (Å²) in [4.78, 5) is 3.91. The summed E-state index contributed by atoms with van der Waals surface area (Å²) in [6.07, 6.45) is 5.15. The van der Waals surface area contributed by atoms with E-state index in [0.29, 0.717) is 0 Å². The molecule has 0 amide bonds. The van der Waals surface area contributed by atoms with Gasteiger partial charge in [0.15, 0.2) is 0 Å². The molecule has 3 nitrogen and oxygen atoms in total. The Hall–Kier alpha value is -1.87. The first-order valence-electron chi connectivity index (χ1n) is 4.79. The number of benzene rings is 1. The van der Waals surface area contributed by atoms with Crippen molar-refractivity contribution in [3.8, 4) is 0 Å². The van der Waals surface area contributed by atoms with Crippen molar-refractivity contribution >= 4 is 23.5 Å². The second-order valence-electron chi connectivity index (χ2n) is 3.16. The van der Waals surface area contributed by atoms with Gasteiger partial charge in [-0.1, -0.05) is 23.7 Å². The standard InChI is InChI=1S/C12H10ClN3/c13-11-3-1-10(2-4-11)9-15-16-12-5-7-14-8-6-12/h1-9H,(H,14,16). The van der Waals surface area contributed by atoms with Gasteiger partial charge in [-0.25, -0.2) is 0 Å². The fourth-order valence-electron chi connectivity index (χ4n) is 1.16. The SMILES string of the molecule is Clc1ccc(C=NNc2ccncc2)cc1. The van der Waals surface area contributed by atoms with E-state index in [1.807, 2.05) is 36.4 Å². The van der Waals surface area contributed by atoms with Crippen molar-refractivity contribution in [3.63, 3.8) is 0 Å². The van der Waals surface area contributed by atoms with Gasteiger partial charge in [-0.15, -0.1) is 0 Å². The predicted molar refractivity (Wildman–Crippen MR) is 66.9 cm³/mol. The number of hydrazone groups is 1. The third-order valence-corrected chi connectivity index (χ3v) is 2.21. The van der Waals surface area contributed by atoms with Gasteiger partial charge in [0, 0.05) is 17.4 Å². The van der Waals surface area contributed by atoms with E-state index in [4.69, 9.17) is 11.6 Å². The first-order valence-corrected chi connectivity index (χ1v) is 5.17. The van der Waals surface area contributed by atoms with Crippen LogP contribution >= 0.6 is 11.6 Å². The first kappa shape index (κ1) is 10.6. The van der Waals surface area contributed by atoms with Crippen LogP contribution in [-0.2, 0) is 0 Å². The molecule has 0 spiro atoms. The van der Waals surface area contributed by atoms with Crippen molar-refractivity contribution in [1.29, 1.82) is 0 Å². The smallest absolute Gasteiger partial charge is 0.0592 e. The molecule has 0 unspecified atom stereocenters. The molecular weight excluding hydrogens is 222 g/mol. The maximum Gasteiger partial charge on any atom is 0.0592 e. The average Bonchev–Trinajstić information content (AvgIpc) is 2.33. The fourth-order valence-corrected chi connectivity index (χ4v) is 1.28. The molecule has 1 N–H and O–H groups in total. The van der Waals surface area contributed by atoms with Crippen LogP contribution in [0.25, 0.3) is 0 Å². The van der Waals surface area contributed by atoms with E-state index in [0.717, 1.165) is 16.3 Å². The Balaban J connectivity index is 1.98. The summed E-state index contributed by atoms with van der Waals surface area (Å²) < 4.78 is 0. The molecule has 0 aliphatic carbocycles. The van der Waals surface area contributed by atoms with E-state index in [9.17, 15) is 0 Å². The highest BCUT2D eigenvalue weighted by molar-refractivity contribution is 6.30. The molecular formula is C12H10ClN3. The minimum absolute atomic E-state index is 0.722. The highest BCUT2D eigenvalue weighted by Crippen LogP contribution is 2.08. The Labute approximate surface area is 98.8 Å². The van der Waals surface area contributed by atoms with Crippen LogP contribution < -0.4 is 5.43 Å². The second kappa shape index (κ2) is 5.28. The molecule has 0 atom stereocenters. The number of anilines is 1. The summed E-state index contributed by atoms with van der Waals surface area (Å²) in [5.41, 5.74) is 4.80. The van der Waals surface area contributed by atoms with Gasteiger partial charge in [0.1, 0.15) is 0 Å². The highest BCUT2D eigenvalue weighted by Gasteiger charge is 1.88. The number of hydrogen-bond donors (Lipinski definition) is 1. The van der Waals surface area contributed by atoms with Crippen LogP contribution in [0, 0.1) is 0 Å².